The average molecular weight is 516 g/mol. The van der Waals surface area contributed by atoms with E-state index < -0.39 is 0 Å². The highest BCUT2D eigenvalue weighted by molar-refractivity contribution is 7.99. The van der Waals surface area contributed by atoms with E-state index in [1.54, 1.807) is 24.9 Å². The Morgan fingerprint density at radius 2 is 1.78 bits per heavy atom. The smallest absolute Gasteiger partial charge is 0.262 e. The lowest BCUT2D eigenvalue weighted by Gasteiger charge is -2.29. The van der Waals surface area contributed by atoms with Crippen LogP contribution in [0.5, 0.6) is 11.5 Å². The first-order valence-corrected chi connectivity index (χ1v) is 13.3. The largest absolute Gasteiger partial charge is 0.493 e. The van der Waals surface area contributed by atoms with Gasteiger partial charge in [-0.1, -0.05) is 48.2 Å². The zero-order chi connectivity index (χ0) is 25.8. The van der Waals surface area contributed by atoms with Gasteiger partial charge in [0.2, 0.25) is 5.91 Å². The highest BCUT2D eigenvalue weighted by atomic mass is 32.2. The maximum Gasteiger partial charge on any atom is 0.262 e. The van der Waals surface area contributed by atoms with Crippen LogP contribution in [0.1, 0.15) is 17.5 Å². The van der Waals surface area contributed by atoms with Gasteiger partial charge in [0.1, 0.15) is 0 Å². The molecular weight excluding hydrogens is 486 g/mol. The van der Waals surface area contributed by atoms with Gasteiger partial charge in [0, 0.05) is 18.8 Å². The van der Waals surface area contributed by atoms with E-state index in [9.17, 15) is 9.59 Å². The van der Waals surface area contributed by atoms with E-state index in [1.807, 2.05) is 59.5 Å². The summed E-state index contributed by atoms with van der Waals surface area (Å²) in [4.78, 5) is 33.4. The van der Waals surface area contributed by atoms with E-state index >= 15 is 0 Å². The normalized spacial score (nSPS) is 12.9. The molecule has 190 valence electrons. The molecule has 2 heterocycles. The molecule has 7 nitrogen and oxygen atoms in total. The summed E-state index contributed by atoms with van der Waals surface area (Å²) in [6.45, 7) is 1.13. The van der Waals surface area contributed by atoms with E-state index in [2.05, 4.69) is 6.07 Å². The maximum absolute atomic E-state index is 13.5. The molecule has 0 spiro atoms. The first-order chi connectivity index (χ1) is 18.1. The first-order valence-electron chi connectivity index (χ1n) is 12.3. The second-order valence-electron chi connectivity index (χ2n) is 8.87. The van der Waals surface area contributed by atoms with Crippen molar-refractivity contribution in [3.8, 4) is 11.5 Å². The fourth-order valence-corrected chi connectivity index (χ4v) is 5.63. The number of hydrogen-bond acceptors (Lipinski definition) is 6. The Labute approximate surface area is 220 Å². The van der Waals surface area contributed by atoms with Crippen LogP contribution in [0.25, 0.3) is 10.9 Å². The SMILES string of the molecule is COc1ccc(CCn2c(SCC(=O)N3CCCc4ccccc43)nc3ccccc3c2=O)cc1OC. The molecule has 8 heteroatoms. The molecule has 0 N–H and O–H groups in total. The van der Waals surface area contributed by atoms with Crippen LogP contribution in [0.2, 0.25) is 0 Å². The van der Waals surface area contributed by atoms with Crippen molar-refractivity contribution in [1.29, 1.82) is 0 Å². The molecule has 1 aromatic heterocycles. The van der Waals surface area contributed by atoms with Crippen LogP contribution in [-0.2, 0) is 24.2 Å². The molecule has 0 atom stereocenters. The molecule has 0 aliphatic carbocycles. The number of para-hydroxylation sites is 2. The van der Waals surface area contributed by atoms with E-state index in [4.69, 9.17) is 14.5 Å². The minimum absolute atomic E-state index is 0.0194. The van der Waals surface area contributed by atoms with Gasteiger partial charge in [0.05, 0.1) is 30.9 Å². The highest BCUT2D eigenvalue weighted by Crippen LogP contribution is 2.29. The number of carbonyl (C=O) groups excluding carboxylic acids is 1. The van der Waals surface area contributed by atoms with Gasteiger partial charge in [-0.05, 0) is 60.7 Å². The monoisotopic (exact) mass is 515 g/mol. The van der Waals surface area contributed by atoms with Gasteiger partial charge < -0.3 is 14.4 Å². The number of amides is 1. The Morgan fingerprint density at radius 3 is 2.62 bits per heavy atom. The van der Waals surface area contributed by atoms with E-state index in [-0.39, 0.29) is 17.2 Å². The fourth-order valence-electron chi connectivity index (χ4n) is 4.73. The van der Waals surface area contributed by atoms with Crippen molar-refractivity contribution < 1.29 is 14.3 Å². The maximum atomic E-state index is 13.5. The zero-order valence-corrected chi connectivity index (χ0v) is 21.8. The van der Waals surface area contributed by atoms with Gasteiger partial charge in [-0.15, -0.1) is 0 Å². The fraction of sp³-hybridized carbons (Fsp3) is 0.276. The Hall–Kier alpha value is -3.78. The number of carbonyl (C=O) groups is 1. The lowest BCUT2D eigenvalue weighted by Crippen LogP contribution is -2.36. The van der Waals surface area contributed by atoms with Crippen molar-refractivity contribution in [1.82, 2.24) is 9.55 Å². The van der Waals surface area contributed by atoms with Crippen LogP contribution >= 0.6 is 11.8 Å². The summed E-state index contributed by atoms with van der Waals surface area (Å²) in [6, 6.07) is 21.1. The average Bonchev–Trinajstić information content (AvgIpc) is 2.95. The van der Waals surface area contributed by atoms with Crippen molar-refractivity contribution in [2.45, 2.75) is 31.0 Å². The van der Waals surface area contributed by atoms with Gasteiger partial charge in [0.15, 0.2) is 16.7 Å². The van der Waals surface area contributed by atoms with Gasteiger partial charge in [-0.25, -0.2) is 4.98 Å². The summed E-state index contributed by atoms with van der Waals surface area (Å²) in [7, 11) is 3.21. The first kappa shape index (κ1) is 24.9. The standard InChI is InChI=1S/C29H29N3O4S/c1-35-25-14-13-20(18-26(25)36-2)15-17-32-28(34)22-10-4-5-11-23(22)30-29(32)37-19-27(33)31-16-7-9-21-8-3-6-12-24(21)31/h3-6,8,10-14,18H,7,9,15-17,19H2,1-2H3. The third-order valence-corrected chi connectivity index (χ3v) is 7.60. The number of hydrogen-bond donors (Lipinski definition) is 0. The van der Waals surface area contributed by atoms with Crippen LogP contribution in [0.3, 0.4) is 0 Å². The number of fused-ring (bicyclic) bond motifs is 2. The van der Waals surface area contributed by atoms with Crippen LogP contribution in [0.15, 0.2) is 76.7 Å². The number of ether oxygens (including phenoxy) is 2. The second-order valence-corrected chi connectivity index (χ2v) is 9.82. The number of nitrogens with zero attached hydrogens (tertiary/aromatic N) is 3. The minimum atomic E-state index is -0.107. The Kier molecular flexibility index (Phi) is 7.46. The number of methoxy groups -OCH3 is 2. The number of aromatic nitrogens is 2. The number of benzene rings is 3. The molecule has 3 aromatic carbocycles. The third-order valence-electron chi connectivity index (χ3n) is 6.63. The van der Waals surface area contributed by atoms with Gasteiger partial charge in [-0.2, -0.15) is 0 Å². The molecule has 0 unspecified atom stereocenters. The van der Waals surface area contributed by atoms with E-state index in [0.29, 0.717) is 47.1 Å². The third kappa shape index (κ3) is 5.20. The number of thioether (sulfide) groups is 1. The van der Waals surface area contributed by atoms with Crippen molar-refractivity contribution in [3.63, 3.8) is 0 Å². The van der Waals surface area contributed by atoms with Crippen LogP contribution in [-0.4, -0.2) is 42.0 Å². The molecular formula is C29H29N3O4S. The number of rotatable bonds is 8. The van der Waals surface area contributed by atoms with E-state index in [0.717, 1.165) is 24.1 Å². The van der Waals surface area contributed by atoms with Gasteiger partial charge in [0.25, 0.3) is 5.56 Å². The second kappa shape index (κ2) is 11.1. The number of aryl methyl sites for hydroxylation is 2. The van der Waals surface area contributed by atoms with Crippen LogP contribution < -0.4 is 19.9 Å². The summed E-state index contributed by atoms with van der Waals surface area (Å²) in [5, 5.41) is 1.11. The summed E-state index contributed by atoms with van der Waals surface area (Å²) in [6.07, 6.45) is 2.52. The molecule has 0 saturated heterocycles. The summed E-state index contributed by atoms with van der Waals surface area (Å²) in [5.74, 6) is 1.52. The minimum Gasteiger partial charge on any atom is -0.493 e. The molecule has 0 saturated carbocycles. The number of anilines is 1. The molecule has 1 aliphatic heterocycles. The highest BCUT2D eigenvalue weighted by Gasteiger charge is 2.23. The Balaban J connectivity index is 1.40. The predicted molar refractivity (Wildman–Crippen MR) is 147 cm³/mol. The lowest BCUT2D eigenvalue weighted by atomic mass is 10.0. The molecule has 5 rings (SSSR count). The zero-order valence-electron chi connectivity index (χ0n) is 21.0. The molecule has 37 heavy (non-hydrogen) atoms. The summed E-state index contributed by atoms with van der Waals surface area (Å²) >= 11 is 1.32. The molecule has 1 aliphatic rings. The Morgan fingerprint density at radius 1 is 1.00 bits per heavy atom. The van der Waals surface area contributed by atoms with Crippen molar-refractivity contribution >= 4 is 34.3 Å². The van der Waals surface area contributed by atoms with Crippen molar-refractivity contribution in [2.75, 3.05) is 31.4 Å². The van der Waals surface area contributed by atoms with Gasteiger partial charge in [-0.3, -0.25) is 14.2 Å². The molecule has 0 bridgehead atoms. The van der Waals surface area contributed by atoms with Crippen LogP contribution in [0.4, 0.5) is 5.69 Å². The van der Waals surface area contributed by atoms with E-state index in [1.165, 1.54) is 17.3 Å². The van der Waals surface area contributed by atoms with Crippen molar-refractivity contribution in [2.24, 2.45) is 0 Å². The van der Waals surface area contributed by atoms with Crippen molar-refractivity contribution in [3.05, 3.63) is 88.2 Å². The topological polar surface area (TPSA) is 73.7 Å². The van der Waals surface area contributed by atoms with Gasteiger partial charge >= 0.3 is 0 Å². The molecule has 4 aromatic rings. The molecule has 0 fully saturated rings. The summed E-state index contributed by atoms with van der Waals surface area (Å²) in [5.41, 5.74) is 3.71. The molecule has 0 radical (unpaired) electrons. The lowest BCUT2D eigenvalue weighted by molar-refractivity contribution is -0.116. The summed E-state index contributed by atoms with van der Waals surface area (Å²) < 4.78 is 12.4. The Bertz CT molecular complexity index is 1500. The predicted octanol–water partition coefficient (Wildman–Crippen LogP) is 4.73. The molecule has 1 amide bonds. The van der Waals surface area contributed by atoms with Crippen LogP contribution in [0, 0.1) is 0 Å². The quantitative estimate of drug-likeness (QED) is 0.250.